The number of ether oxygens (including phenoxy) is 2. The number of benzene rings is 1. The van der Waals surface area contributed by atoms with E-state index in [1.165, 1.54) is 0 Å². The average Bonchev–Trinajstić information content (AvgIpc) is 3.27. The van der Waals surface area contributed by atoms with Gasteiger partial charge in [-0.25, -0.2) is 0 Å². The first-order valence-electron chi connectivity index (χ1n) is 9.17. The molecule has 0 radical (unpaired) electrons. The van der Waals surface area contributed by atoms with Gasteiger partial charge >= 0.3 is 0 Å². The van der Waals surface area contributed by atoms with Crippen LogP contribution in [-0.2, 0) is 11.2 Å². The van der Waals surface area contributed by atoms with Gasteiger partial charge in [0, 0.05) is 32.4 Å². The Hall–Kier alpha value is -2.96. The fraction of sp³-hybridized carbons (Fsp3) is 0.400. The smallest absolute Gasteiger partial charge is 0.270 e. The Labute approximate surface area is 157 Å². The van der Waals surface area contributed by atoms with Crippen molar-refractivity contribution < 1.29 is 19.1 Å². The summed E-state index contributed by atoms with van der Waals surface area (Å²) >= 11 is 0. The standard InChI is InChI=1S/C20H23N3O4/c1-26-16-4-5-18-14(12-16)11-15(13-27-18)19(24)22-7-9-23(10-8-22)20(25)17-3-2-6-21-17/h2-6,12,15,21H,7-11,13H2,1H3. The maximum Gasteiger partial charge on any atom is 0.270 e. The van der Waals surface area contributed by atoms with Gasteiger partial charge < -0.3 is 24.3 Å². The molecule has 0 saturated carbocycles. The Morgan fingerprint density at radius 3 is 2.63 bits per heavy atom. The predicted octanol–water partition coefficient (Wildman–Crippen LogP) is 1.56. The number of methoxy groups -OCH3 is 1. The third-order valence-electron chi connectivity index (χ3n) is 5.23. The molecular weight excluding hydrogens is 346 g/mol. The van der Waals surface area contributed by atoms with Crippen LogP contribution in [0.3, 0.4) is 0 Å². The number of aromatic nitrogens is 1. The minimum Gasteiger partial charge on any atom is -0.497 e. The lowest BCUT2D eigenvalue weighted by Crippen LogP contribution is -2.53. The first-order valence-corrected chi connectivity index (χ1v) is 9.17. The summed E-state index contributed by atoms with van der Waals surface area (Å²) in [6, 6.07) is 9.26. The Bertz CT molecular complexity index is 826. The maximum absolute atomic E-state index is 12.9. The highest BCUT2D eigenvalue weighted by atomic mass is 16.5. The molecule has 1 N–H and O–H groups in total. The molecule has 142 valence electrons. The predicted molar refractivity (Wildman–Crippen MR) is 99.0 cm³/mol. The van der Waals surface area contributed by atoms with E-state index >= 15 is 0 Å². The maximum atomic E-state index is 12.9. The van der Waals surface area contributed by atoms with E-state index in [1.807, 2.05) is 29.2 Å². The van der Waals surface area contributed by atoms with Gasteiger partial charge in [0.1, 0.15) is 23.8 Å². The van der Waals surface area contributed by atoms with Crippen LogP contribution in [0.2, 0.25) is 0 Å². The summed E-state index contributed by atoms with van der Waals surface area (Å²) in [5, 5.41) is 0. The molecule has 0 spiro atoms. The number of carbonyl (C=O) groups is 2. The lowest BCUT2D eigenvalue weighted by molar-refractivity contribution is -0.138. The zero-order chi connectivity index (χ0) is 18.8. The molecule has 1 unspecified atom stereocenters. The molecule has 1 saturated heterocycles. The molecule has 2 aliphatic heterocycles. The van der Waals surface area contributed by atoms with Gasteiger partial charge in [-0.1, -0.05) is 0 Å². The number of rotatable bonds is 3. The van der Waals surface area contributed by atoms with Crippen LogP contribution < -0.4 is 9.47 Å². The molecule has 7 nitrogen and oxygen atoms in total. The monoisotopic (exact) mass is 369 g/mol. The molecule has 27 heavy (non-hydrogen) atoms. The van der Waals surface area contributed by atoms with Gasteiger partial charge in [0.15, 0.2) is 0 Å². The third-order valence-corrected chi connectivity index (χ3v) is 5.23. The van der Waals surface area contributed by atoms with E-state index < -0.39 is 0 Å². The Balaban J connectivity index is 1.36. The number of hydrogen-bond donors (Lipinski definition) is 1. The molecular formula is C20H23N3O4. The van der Waals surface area contributed by atoms with E-state index in [1.54, 1.807) is 24.3 Å². The Kier molecular flexibility index (Phi) is 4.75. The lowest BCUT2D eigenvalue weighted by atomic mass is 9.95. The topological polar surface area (TPSA) is 74.9 Å². The van der Waals surface area contributed by atoms with Crippen molar-refractivity contribution in [3.05, 3.63) is 47.8 Å². The van der Waals surface area contributed by atoms with Gasteiger partial charge in [-0.15, -0.1) is 0 Å². The van der Waals surface area contributed by atoms with E-state index in [4.69, 9.17) is 9.47 Å². The summed E-state index contributed by atoms with van der Waals surface area (Å²) in [5.74, 6) is 1.46. The number of nitrogens with zero attached hydrogens (tertiary/aromatic N) is 2. The lowest BCUT2D eigenvalue weighted by Gasteiger charge is -2.37. The van der Waals surface area contributed by atoms with Gasteiger partial charge in [-0.3, -0.25) is 9.59 Å². The third kappa shape index (κ3) is 3.49. The summed E-state index contributed by atoms with van der Waals surface area (Å²) in [4.78, 5) is 31.9. The Morgan fingerprint density at radius 2 is 1.93 bits per heavy atom. The number of H-pyrrole nitrogens is 1. The zero-order valence-electron chi connectivity index (χ0n) is 15.3. The number of nitrogens with one attached hydrogen (secondary N) is 1. The second-order valence-corrected chi connectivity index (χ2v) is 6.89. The molecule has 0 bridgehead atoms. The summed E-state index contributed by atoms with van der Waals surface area (Å²) in [6.45, 7) is 2.57. The van der Waals surface area contributed by atoms with E-state index in [2.05, 4.69) is 4.98 Å². The fourth-order valence-electron chi connectivity index (χ4n) is 3.68. The van der Waals surface area contributed by atoms with Crippen LogP contribution in [-0.4, -0.2) is 66.5 Å². The molecule has 3 heterocycles. The molecule has 0 aliphatic carbocycles. The van der Waals surface area contributed by atoms with E-state index in [-0.39, 0.29) is 17.7 Å². The molecule has 1 fully saturated rings. The van der Waals surface area contributed by atoms with Crippen LogP contribution >= 0.6 is 0 Å². The van der Waals surface area contributed by atoms with Crippen molar-refractivity contribution in [1.29, 1.82) is 0 Å². The first-order chi connectivity index (χ1) is 13.2. The van der Waals surface area contributed by atoms with Gasteiger partial charge in [0.25, 0.3) is 5.91 Å². The zero-order valence-corrected chi connectivity index (χ0v) is 15.3. The minimum atomic E-state index is -0.199. The second-order valence-electron chi connectivity index (χ2n) is 6.89. The summed E-state index contributed by atoms with van der Waals surface area (Å²) in [7, 11) is 1.63. The number of amides is 2. The van der Waals surface area contributed by atoms with Crippen molar-refractivity contribution in [2.45, 2.75) is 6.42 Å². The number of aromatic amines is 1. The van der Waals surface area contributed by atoms with Crippen LogP contribution in [0.15, 0.2) is 36.5 Å². The largest absolute Gasteiger partial charge is 0.497 e. The molecule has 2 aromatic rings. The van der Waals surface area contributed by atoms with Gasteiger partial charge in [0.05, 0.1) is 13.0 Å². The van der Waals surface area contributed by atoms with Crippen molar-refractivity contribution in [2.75, 3.05) is 39.9 Å². The number of fused-ring (bicyclic) bond motifs is 1. The second kappa shape index (κ2) is 7.34. The molecule has 2 amide bonds. The summed E-state index contributed by atoms with van der Waals surface area (Å²) in [6.07, 6.45) is 2.38. The van der Waals surface area contributed by atoms with E-state index in [9.17, 15) is 9.59 Å². The van der Waals surface area contributed by atoms with Crippen LogP contribution in [0.4, 0.5) is 0 Å². The molecule has 1 aromatic carbocycles. The molecule has 7 heteroatoms. The molecule has 1 atom stereocenters. The average molecular weight is 369 g/mol. The van der Waals surface area contributed by atoms with Crippen molar-refractivity contribution >= 4 is 11.8 Å². The van der Waals surface area contributed by atoms with Crippen molar-refractivity contribution in [3.63, 3.8) is 0 Å². The number of piperazine rings is 1. The van der Waals surface area contributed by atoms with Crippen molar-refractivity contribution in [2.24, 2.45) is 5.92 Å². The van der Waals surface area contributed by atoms with Gasteiger partial charge in [-0.2, -0.15) is 0 Å². The van der Waals surface area contributed by atoms with Crippen molar-refractivity contribution in [3.8, 4) is 11.5 Å². The Morgan fingerprint density at radius 1 is 1.15 bits per heavy atom. The van der Waals surface area contributed by atoms with Crippen LogP contribution in [0.25, 0.3) is 0 Å². The van der Waals surface area contributed by atoms with Crippen LogP contribution in [0.1, 0.15) is 16.1 Å². The molecule has 4 rings (SSSR count). The minimum absolute atomic E-state index is 0.0193. The number of carbonyl (C=O) groups excluding carboxylic acids is 2. The highest BCUT2D eigenvalue weighted by Crippen LogP contribution is 2.31. The van der Waals surface area contributed by atoms with Gasteiger partial charge in [-0.05, 0) is 42.3 Å². The number of hydrogen-bond acceptors (Lipinski definition) is 4. The van der Waals surface area contributed by atoms with Crippen molar-refractivity contribution in [1.82, 2.24) is 14.8 Å². The van der Waals surface area contributed by atoms with E-state index in [0.29, 0.717) is 44.9 Å². The van der Waals surface area contributed by atoms with E-state index in [0.717, 1.165) is 17.1 Å². The fourth-order valence-corrected chi connectivity index (χ4v) is 3.68. The van der Waals surface area contributed by atoms with Gasteiger partial charge in [0.2, 0.25) is 5.91 Å². The quantitative estimate of drug-likeness (QED) is 0.891. The molecule has 1 aromatic heterocycles. The summed E-state index contributed by atoms with van der Waals surface area (Å²) in [5.41, 5.74) is 1.58. The molecule has 2 aliphatic rings. The highest BCUT2D eigenvalue weighted by molar-refractivity contribution is 5.92. The summed E-state index contributed by atoms with van der Waals surface area (Å²) < 4.78 is 11.1. The van der Waals surface area contributed by atoms with Crippen LogP contribution in [0.5, 0.6) is 11.5 Å². The normalized spacial score (nSPS) is 19.2. The van der Waals surface area contributed by atoms with Crippen LogP contribution in [0, 0.1) is 5.92 Å². The SMILES string of the molecule is COc1ccc2c(c1)CC(C(=O)N1CCN(C(=O)c3ccc[nH]3)CC1)CO2. The highest BCUT2D eigenvalue weighted by Gasteiger charge is 2.32. The first kappa shape index (κ1) is 17.5.